The van der Waals surface area contributed by atoms with Crippen LogP contribution in [0.4, 0.5) is 0 Å². The molecule has 0 spiro atoms. The fourth-order valence-electron chi connectivity index (χ4n) is 2.25. The lowest BCUT2D eigenvalue weighted by Gasteiger charge is -2.22. The standard InChI is InChI=1S/C18H18Cl2N2O2/c1-12(21-17(23)13-6-4-3-5-7-13)18(24)22(2)11-14-8-9-15(19)10-16(14)20/h3-10,12H,11H2,1-2H3,(H,21,23). The second kappa shape index (κ2) is 8.18. The van der Waals surface area contributed by atoms with E-state index >= 15 is 0 Å². The van der Waals surface area contributed by atoms with Crippen LogP contribution in [0.15, 0.2) is 48.5 Å². The maximum absolute atomic E-state index is 12.4. The van der Waals surface area contributed by atoms with Gasteiger partial charge in [-0.25, -0.2) is 0 Å². The first-order valence-corrected chi connectivity index (χ1v) is 8.19. The van der Waals surface area contributed by atoms with Gasteiger partial charge in [0.05, 0.1) is 0 Å². The monoisotopic (exact) mass is 364 g/mol. The van der Waals surface area contributed by atoms with E-state index in [2.05, 4.69) is 5.32 Å². The highest BCUT2D eigenvalue weighted by atomic mass is 35.5. The van der Waals surface area contributed by atoms with Crippen LogP contribution in [0.25, 0.3) is 0 Å². The number of carbonyl (C=O) groups is 2. The normalized spacial score (nSPS) is 11.7. The molecular weight excluding hydrogens is 347 g/mol. The first kappa shape index (κ1) is 18.3. The summed E-state index contributed by atoms with van der Waals surface area (Å²) >= 11 is 12.0. The minimum atomic E-state index is -0.645. The Hall–Kier alpha value is -2.04. The van der Waals surface area contributed by atoms with E-state index in [1.165, 1.54) is 4.90 Å². The van der Waals surface area contributed by atoms with Crippen molar-refractivity contribution in [1.82, 2.24) is 10.2 Å². The Balaban J connectivity index is 1.98. The minimum Gasteiger partial charge on any atom is -0.341 e. The number of amides is 2. The van der Waals surface area contributed by atoms with Gasteiger partial charge >= 0.3 is 0 Å². The van der Waals surface area contributed by atoms with Crippen LogP contribution in [0, 0.1) is 0 Å². The van der Waals surface area contributed by atoms with Crippen LogP contribution in [0.1, 0.15) is 22.8 Å². The Kier molecular flexibility index (Phi) is 6.23. The summed E-state index contributed by atoms with van der Waals surface area (Å²) in [6, 6.07) is 13.3. The van der Waals surface area contributed by atoms with E-state index in [1.807, 2.05) is 6.07 Å². The third-order valence-electron chi connectivity index (χ3n) is 3.55. The molecule has 0 radical (unpaired) electrons. The van der Waals surface area contributed by atoms with Gasteiger partial charge in [0.15, 0.2) is 0 Å². The second-order valence-corrected chi connectivity index (χ2v) is 6.33. The molecule has 0 bridgehead atoms. The molecule has 0 saturated heterocycles. The number of halogens is 2. The molecule has 2 rings (SSSR count). The third kappa shape index (κ3) is 4.73. The van der Waals surface area contributed by atoms with Crippen molar-refractivity contribution in [1.29, 1.82) is 0 Å². The third-order valence-corrected chi connectivity index (χ3v) is 4.14. The molecule has 6 heteroatoms. The largest absolute Gasteiger partial charge is 0.341 e. The maximum atomic E-state index is 12.4. The molecule has 4 nitrogen and oxygen atoms in total. The summed E-state index contributed by atoms with van der Waals surface area (Å²) in [4.78, 5) is 26.1. The van der Waals surface area contributed by atoms with Gasteiger partial charge in [-0.15, -0.1) is 0 Å². The summed E-state index contributed by atoms with van der Waals surface area (Å²) in [5.74, 6) is -0.486. The van der Waals surface area contributed by atoms with Crippen molar-refractivity contribution in [3.8, 4) is 0 Å². The minimum absolute atomic E-state index is 0.203. The zero-order chi connectivity index (χ0) is 17.7. The molecule has 1 atom stereocenters. The number of rotatable bonds is 5. The second-order valence-electron chi connectivity index (χ2n) is 5.49. The van der Waals surface area contributed by atoms with Crippen molar-refractivity contribution in [3.05, 3.63) is 69.7 Å². The lowest BCUT2D eigenvalue weighted by molar-refractivity contribution is -0.132. The Labute approximate surface area is 151 Å². The Morgan fingerprint density at radius 3 is 2.42 bits per heavy atom. The maximum Gasteiger partial charge on any atom is 0.251 e. The zero-order valence-electron chi connectivity index (χ0n) is 13.4. The van der Waals surface area contributed by atoms with Crippen molar-refractivity contribution in [2.24, 2.45) is 0 Å². The van der Waals surface area contributed by atoms with Crippen LogP contribution in [0.3, 0.4) is 0 Å². The van der Waals surface area contributed by atoms with Gasteiger partial charge in [-0.3, -0.25) is 9.59 Å². The van der Waals surface area contributed by atoms with Crippen LogP contribution in [0.5, 0.6) is 0 Å². The van der Waals surface area contributed by atoms with Crippen LogP contribution in [0.2, 0.25) is 10.0 Å². The van der Waals surface area contributed by atoms with E-state index in [4.69, 9.17) is 23.2 Å². The topological polar surface area (TPSA) is 49.4 Å². The summed E-state index contributed by atoms with van der Waals surface area (Å²) in [7, 11) is 1.67. The van der Waals surface area contributed by atoms with E-state index in [-0.39, 0.29) is 11.8 Å². The van der Waals surface area contributed by atoms with Gasteiger partial charge in [-0.2, -0.15) is 0 Å². The molecule has 24 heavy (non-hydrogen) atoms. The van der Waals surface area contributed by atoms with E-state index in [1.54, 1.807) is 56.4 Å². The summed E-state index contributed by atoms with van der Waals surface area (Å²) in [6.07, 6.45) is 0. The Bertz CT molecular complexity index is 735. The Morgan fingerprint density at radius 1 is 1.12 bits per heavy atom. The number of benzene rings is 2. The zero-order valence-corrected chi connectivity index (χ0v) is 14.9. The number of likely N-dealkylation sites (N-methyl/N-ethyl adjacent to an activating group) is 1. The van der Waals surface area contributed by atoms with Crippen LogP contribution >= 0.6 is 23.2 Å². The number of nitrogens with one attached hydrogen (secondary N) is 1. The van der Waals surface area contributed by atoms with Gasteiger partial charge in [0.1, 0.15) is 6.04 Å². The molecule has 0 aliphatic rings. The molecule has 0 aliphatic heterocycles. The lowest BCUT2D eigenvalue weighted by atomic mass is 10.1. The molecule has 0 aromatic heterocycles. The van der Waals surface area contributed by atoms with Crippen molar-refractivity contribution >= 4 is 35.0 Å². The molecule has 2 aromatic carbocycles. The van der Waals surface area contributed by atoms with Crippen molar-refractivity contribution in [2.45, 2.75) is 19.5 Å². The molecule has 1 N–H and O–H groups in total. The average Bonchev–Trinajstić information content (AvgIpc) is 2.57. The van der Waals surface area contributed by atoms with E-state index in [9.17, 15) is 9.59 Å². The van der Waals surface area contributed by atoms with Gasteiger partial charge < -0.3 is 10.2 Å². The van der Waals surface area contributed by atoms with E-state index in [0.29, 0.717) is 22.2 Å². The van der Waals surface area contributed by atoms with E-state index < -0.39 is 6.04 Å². The SMILES string of the molecule is CC(NC(=O)c1ccccc1)C(=O)N(C)Cc1ccc(Cl)cc1Cl. The summed E-state index contributed by atoms with van der Waals surface area (Å²) in [5.41, 5.74) is 1.30. The molecule has 0 heterocycles. The fraction of sp³-hybridized carbons (Fsp3) is 0.222. The number of hydrogen-bond donors (Lipinski definition) is 1. The van der Waals surface area contributed by atoms with Crippen LogP contribution in [-0.4, -0.2) is 29.8 Å². The van der Waals surface area contributed by atoms with Crippen LogP contribution in [-0.2, 0) is 11.3 Å². The lowest BCUT2D eigenvalue weighted by Crippen LogP contribution is -2.45. The summed E-state index contributed by atoms with van der Waals surface area (Å²) < 4.78 is 0. The molecule has 0 saturated carbocycles. The van der Waals surface area contributed by atoms with Gasteiger partial charge in [0.2, 0.25) is 5.91 Å². The first-order valence-electron chi connectivity index (χ1n) is 7.43. The van der Waals surface area contributed by atoms with Gasteiger partial charge in [0.25, 0.3) is 5.91 Å². The molecule has 0 fully saturated rings. The predicted molar refractivity (Wildman–Crippen MR) is 96.3 cm³/mol. The van der Waals surface area contributed by atoms with Crippen LogP contribution < -0.4 is 5.32 Å². The smallest absolute Gasteiger partial charge is 0.251 e. The highest BCUT2D eigenvalue weighted by molar-refractivity contribution is 6.35. The van der Waals surface area contributed by atoms with Gasteiger partial charge in [-0.1, -0.05) is 47.5 Å². The van der Waals surface area contributed by atoms with Crippen molar-refractivity contribution in [2.75, 3.05) is 7.05 Å². The quantitative estimate of drug-likeness (QED) is 0.877. The van der Waals surface area contributed by atoms with Crippen molar-refractivity contribution in [3.63, 3.8) is 0 Å². The molecular formula is C18H18Cl2N2O2. The van der Waals surface area contributed by atoms with Crippen molar-refractivity contribution < 1.29 is 9.59 Å². The van der Waals surface area contributed by atoms with E-state index in [0.717, 1.165) is 5.56 Å². The molecule has 126 valence electrons. The molecule has 1 unspecified atom stereocenters. The first-order chi connectivity index (χ1) is 11.4. The predicted octanol–water partition coefficient (Wildman–Crippen LogP) is 3.77. The Morgan fingerprint density at radius 2 is 1.79 bits per heavy atom. The summed E-state index contributed by atoms with van der Waals surface area (Å²) in [6.45, 7) is 1.99. The molecule has 2 amide bonds. The number of hydrogen-bond acceptors (Lipinski definition) is 2. The molecule has 0 aliphatic carbocycles. The molecule has 2 aromatic rings. The van der Waals surface area contributed by atoms with Gasteiger partial charge in [-0.05, 0) is 36.8 Å². The highest BCUT2D eigenvalue weighted by Gasteiger charge is 2.20. The highest BCUT2D eigenvalue weighted by Crippen LogP contribution is 2.22. The fourth-order valence-corrected chi connectivity index (χ4v) is 2.71. The number of nitrogens with zero attached hydrogens (tertiary/aromatic N) is 1. The van der Waals surface area contributed by atoms with Gasteiger partial charge in [0, 0.05) is 29.2 Å². The number of carbonyl (C=O) groups excluding carboxylic acids is 2. The summed E-state index contributed by atoms with van der Waals surface area (Å²) in [5, 5.41) is 3.75. The average molecular weight is 365 g/mol.